The summed E-state index contributed by atoms with van der Waals surface area (Å²) in [5, 5.41) is 17.4. The van der Waals surface area contributed by atoms with Crippen LogP contribution in [-0.4, -0.2) is 26.7 Å². The molecule has 4 N–H and O–H groups in total. The Morgan fingerprint density at radius 2 is 2.00 bits per heavy atom. The van der Waals surface area contributed by atoms with Gasteiger partial charge in [-0.05, 0) is 31.0 Å². The molecule has 1 aromatic carbocycles. The Bertz CT molecular complexity index is 583. The molecular formula is C13H19FN2O3S. The van der Waals surface area contributed by atoms with Crippen molar-refractivity contribution >= 4 is 15.7 Å². The number of aliphatic hydroxyl groups excluding tert-OH is 1. The molecule has 20 heavy (non-hydrogen) atoms. The molecule has 1 aliphatic carbocycles. The lowest BCUT2D eigenvalue weighted by Crippen LogP contribution is -2.30. The maximum atomic E-state index is 13.8. The van der Waals surface area contributed by atoms with Crippen LogP contribution < -0.4 is 10.5 Å². The zero-order valence-corrected chi connectivity index (χ0v) is 11.9. The molecule has 7 heteroatoms. The van der Waals surface area contributed by atoms with E-state index in [0.29, 0.717) is 6.54 Å². The Labute approximate surface area is 118 Å². The summed E-state index contributed by atoms with van der Waals surface area (Å²) in [5.41, 5.74) is 0.0162. The topological polar surface area (TPSA) is 92.4 Å². The fourth-order valence-corrected chi connectivity index (χ4v) is 3.14. The predicted octanol–water partition coefficient (Wildman–Crippen LogP) is 1.44. The van der Waals surface area contributed by atoms with Crippen LogP contribution in [0, 0.1) is 11.2 Å². The molecule has 0 aliphatic heterocycles. The second-order valence-electron chi connectivity index (χ2n) is 5.41. The molecule has 0 spiro atoms. The number of hydrogen-bond donors (Lipinski definition) is 3. The Hall–Kier alpha value is -1.18. The standard InChI is InChI=1S/C13H19FN2O3S/c14-11-7-10(20(15,18)19)3-4-12(11)16-8-13(9-17)5-1-2-6-13/h3-4,7,16-17H,1-2,5-6,8-9H2,(H2,15,18,19). The van der Waals surface area contributed by atoms with Gasteiger partial charge in [-0.2, -0.15) is 0 Å². The van der Waals surface area contributed by atoms with Gasteiger partial charge in [-0.1, -0.05) is 12.8 Å². The van der Waals surface area contributed by atoms with E-state index in [2.05, 4.69) is 5.32 Å². The number of benzene rings is 1. The van der Waals surface area contributed by atoms with Gasteiger partial charge in [-0.15, -0.1) is 0 Å². The minimum atomic E-state index is -3.90. The van der Waals surface area contributed by atoms with Gasteiger partial charge in [-0.3, -0.25) is 0 Å². The number of halogens is 1. The van der Waals surface area contributed by atoms with E-state index in [1.165, 1.54) is 12.1 Å². The highest BCUT2D eigenvalue weighted by molar-refractivity contribution is 7.89. The molecular weight excluding hydrogens is 283 g/mol. The van der Waals surface area contributed by atoms with Crippen LogP contribution in [0.5, 0.6) is 0 Å². The van der Waals surface area contributed by atoms with Crippen molar-refractivity contribution in [2.45, 2.75) is 30.6 Å². The fourth-order valence-electron chi connectivity index (χ4n) is 2.61. The van der Waals surface area contributed by atoms with E-state index in [1.54, 1.807) is 0 Å². The molecule has 2 rings (SSSR count). The Morgan fingerprint density at radius 3 is 2.50 bits per heavy atom. The molecule has 1 aliphatic rings. The third-order valence-electron chi connectivity index (χ3n) is 3.92. The third-order valence-corrected chi connectivity index (χ3v) is 4.83. The summed E-state index contributed by atoms with van der Waals surface area (Å²) in [6.07, 6.45) is 3.95. The van der Waals surface area contributed by atoms with Gasteiger partial charge in [0.05, 0.1) is 17.2 Å². The normalized spacial score (nSPS) is 18.1. The van der Waals surface area contributed by atoms with Crippen LogP contribution in [0.15, 0.2) is 23.1 Å². The van der Waals surface area contributed by atoms with Crippen LogP contribution >= 0.6 is 0 Å². The van der Waals surface area contributed by atoms with Crippen molar-refractivity contribution in [3.8, 4) is 0 Å². The number of primary sulfonamides is 1. The zero-order valence-electron chi connectivity index (χ0n) is 11.1. The minimum Gasteiger partial charge on any atom is -0.396 e. The van der Waals surface area contributed by atoms with Crippen molar-refractivity contribution in [2.24, 2.45) is 10.6 Å². The molecule has 0 saturated heterocycles. The van der Waals surface area contributed by atoms with Crippen molar-refractivity contribution in [3.05, 3.63) is 24.0 Å². The molecule has 1 saturated carbocycles. The van der Waals surface area contributed by atoms with E-state index in [4.69, 9.17) is 5.14 Å². The van der Waals surface area contributed by atoms with Gasteiger partial charge in [0.25, 0.3) is 0 Å². The first-order valence-corrected chi connectivity index (χ1v) is 8.08. The van der Waals surface area contributed by atoms with Crippen molar-refractivity contribution in [1.29, 1.82) is 0 Å². The van der Waals surface area contributed by atoms with Crippen LogP contribution in [0.25, 0.3) is 0 Å². The monoisotopic (exact) mass is 302 g/mol. The number of hydrogen-bond acceptors (Lipinski definition) is 4. The number of anilines is 1. The molecule has 0 aromatic heterocycles. The number of nitrogens with two attached hydrogens (primary N) is 1. The van der Waals surface area contributed by atoms with E-state index >= 15 is 0 Å². The molecule has 0 amide bonds. The van der Waals surface area contributed by atoms with E-state index < -0.39 is 15.8 Å². The van der Waals surface area contributed by atoms with Crippen molar-refractivity contribution in [1.82, 2.24) is 0 Å². The van der Waals surface area contributed by atoms with Gasteiger partial charge in [0.2, 0.25) is 10.0 Å². The molecule has 1 aromatic rings. The van der Waals surface area contributed by atoms with Gasteiger partial charge in [0.1, 0.15) is 5.82 Å². The Kier molecular flexibility index (Phi) is 4.31. The largest absolute Gasteiger partial charge is 0.396 e. The van der Waals surface area contributed by atoms with Gasteiger partial charge in [0, 0.05) is 12.0 Å². The lowest BCUT2D eigenvalue weighted by atomic mass is 9.87. The summed E-state index contributed by atoms with van der Waals surface area (Å²) in [6.45, 7) is 0.534. The van der Waals surface area contributed by atoms with Crippen LogP contribution in [-0.2, 0) is 10.0 Å². The number of rotatable bonds is 5. The molecule has 0 bridgehead atoms. The number of nitrogens with one attached hydrogen (secondary N) is 1. The summed E-state index contributed by atoms with van der Waals surface area (Å²) in [4.78, 5) is -0.252. The molecule has 5 nitrogen and oxygen atoms in total. The van der Waals surface area contributed by atoms with Crippen LogP contribution in [0.2, 0.25) is 0 Å². The van der Waals surface area contributed by atoms with E-state index in [1.807, 2.05) is 0 Å². The SMILES string of the molecule is NS(=O)(=O)c1ccc(NCC2(CO)CCCC2)c(F)c1. The average molecular weight is 302 g/mol. The first kappa shape index (κ1) is 15.2. The van der Waals surface area contributed by atoms with Crippen LogP contribution in [0.1, 0.15) is 25.7 Å². The van der Waals surface area contributed by atoms with Gasteiger partial charge >= 0.3 is 0 Å². The third kappa shape index (κ3) is 3.28. The Balaban J connectivity index is 2.11. The van der Waals surface area contributed by atoms with E-state index in [9.17, 15) is 17.9 Å². The quantitative estimate of drug-likeness (QED) is 0.767. The fraction of sp³-hybridized carbons (Fsp3) is 0.538. The average Bonchev–Trinajstić information content (AvgIpc) is 2.85. The second kappa shape index (κ2) is 5.67. The first-order chi connectivity index (χ1) is 9.36. The van der Waals surface area contributed by atoms with Crippen LogP contribution in [0.4, 0.5) is 10.1 Å². The maximum absolute atomic E-state index is 13.8. The zero-order chi connectivity index (χ0) is 14.8. The summed E-state index contributed by atoms with van der Waals surface area (Å²) in [5.74, 6) is -0.664. The highest BCUT2D eigenvalue weighted by atomic mass is 32.2. The maximum Gasteiger partial charge on any atom is 0.238 e. The lowest BCUT2D eigenvalue weighted by Gasteiger charge is -2.27. The summed E-state index contributed by atoms with van der Waals surface area (Å²) >= 11 is 0. The number of aliphatic hydroxyl groups is 1. The first-order valence-electron chi connectivity index (χ1n) is 6.53. The van der Waals surface area contributed by atoms with E-state index in [-0.39, 0.29) is 22.6 Å². The summed E-state index contributed by atoms with van der Waals surface area (Å²) < 4.78 is 36.1. The second-order valence-corrected chi connectivity index (χ2v) is 6.97. The molecule has 0 unspecified atom stereocenters. The van der Waals surface area contributed by atoms with Crippen LogP contribution in [0.3, 0.4) is 0 Å². The van der Waals surface area contributed by atoms with Crippen molar-refractivity contribution in [2.75, 3.05) is 18.5 Å². The Morgan fingerprint density at radius 1 is 1.35 bits per heavy atom. The minimum absolute atomic E-state index is 0.0664. The number of sulfonamides is 1. The van der Waals surface area contributed by atoms with Gasteiger partial charge < -0.3 is 10.4 Å². The molecule has 0 atom stereocenters. The highest BCUT2D eigenvalue weighted by Gasteiger charge is 2.33. The summed E-state index contributed by atoms with van der Waals surface area (Å²) in [7, 11) is -3.90. The molecule has 112 valence electrons. The van der Waals surface area contributed by atoms with E-state index in [0.717, 1.165) is 31.7 Å². The molecule has 0 heterocycles. The van der Waals surface area contributed by atoms with Crippen molar-refractivity contribution < 1.29 is 17.9 Å². The highest BCUT2D eigenvalue weighted by Crippen LogP contribution is 2.37. The summed E-state index contributed by atoms with van der Waals surface area (Å²) in [6, 6.07) is 3.52. The van der Waals surface area contributed by atoms with Gasteiger partial charge in [-0.25, -0.2) is 17.9 Å². The molecule has 1 fully saturated rings. The van der Waals surface area contributed by atoms with Crippen molar-refractivity contribution in [3.63, 3.8) is 0 Å². The smallest absolute Gasteiger partial charge is 0.238 e. The van der Waals surface area contributed by atoms with Gasteiger partial charge in [0.15, 0.2) is 0 Å². The lowest BCUT2D eigenvalue weighted by molar-refractivity contribution is 0.142. The molecule has 0 radical (unpaired) electrons. The predicted molar refractivity (Wildman–Crippen MR) is 74.2 cm³/mol.